The number of fused-ring (bicyclic) bond motifs is 2. The van der Waals surface area contributed by atoms with Gasteiger partial charge in [0, 0.05) is 11.1 Å². The minimum Gasteiger partial charge on any atom is -0.468 e. The molecular weight excluding hydrogens is 611 g/mol. The maximum Gasteiger partial charge on any atom is 0.333 e. The first-order chi connectivity index (χ1) is 18.1. The lowest BCUT2D eigenvalue weighted by atomic mass is 9.82. The molecule has 2 aromatic carbocycles. The second kappa shape index (κ2) is 12.7. The number of carbonyl (C=O) groups is 6. The molecule has 0 saturated carbocycles. The molecule has 1 aliphatic carbocycles. The van der Waals surface area contributed by atoms with E-state index in [-0.39, 0.29) is 46.7 Å². The molecule has 1 aliphatic rings. The molecule has 2 aromatic rings. The highest BCUT2D eigenvalue weighted by atomic mass is 127. The van der Waals surface area contributed by atoms with Crippen LogP contribution >= 0.6 is 22.6 Å². The second-order valence-corrected chi connectivity index (χ2v) is 9.35. The molecule has 2 atom stereocenters. The summed E-state index contributed by atoms with van der Waals surface area (Å²) >= 11 is 1.77. The van der Waals surface area contributed by atoms with Crippen LogP contribution in [0.15, 0.2) is 36.4 Å². The number of benzene rings is 2. The van der Waals surface area contributed by atoms with Crippen molar-refractivity contribution in [1.82, 2.24) is 10.6 Å². The zero-order valence-corrected chi connectivity index (χ0v) is 22.8. The molecule has 13 heteroatoms. The second-order valence-electron chi connectivity index (χ2n) is 8.10. The van der Waals surface area contributed by atoms with Crippen molar-refractivity contribution < 1.29 is 38.2 Å². The Hall–Kier alpha value is -3.69. The number of amides is 2. The van der Waals surface area contributed by atoms with Gasteiger partial charge in [-0.3, -0.25) is 34.6 Å². The van der Waals surface area contributed by atoms with Crippen molar-refractivity contribution in [3.05, 3.63) is 58.7 Å². The van der Waals surface area contributed by atoms with Gasteiger partial charge in [-0.1, -0.05) is 46.9 Å². The van der Waals surface area contributed by atoms with Crippen molar-refractivity contribution in [2.75, 3.05) is 37.9 Å². The van der Waals surface area contributed by atoms with Gasteiger partial charge in [0.15, 0.2) is 15.6 Å². The van der Waals surface area contributed by atoms with E-state index in [0.717, 1.165) is 0 Å². The zero-order chi connectivity index (χ0) is 28.0. The normalized spacial score (nSPS) is 13.5. The molecule has 12 nitrogen and oxygen atoms in total. The molecule has 0 unspecified atom stereocenters. The topological polar surface area (TPSA) is 169 Å². The number of halogens is 1. The summed E-state index contributed by atoms with van der Waals surface area (Å²) < 4.78 is 8.44. The van der Waals surface area contributed by atoms with E-state index < -0.39 is 45.4 Å². The minimum atomic E-state index is -0.764. The van der Waals surface area contributed by atoms with Crippen LogP contribution in [0.3, 0.4) is 0 Å². The average Bonchev–Trinajstić information content (AvgIpc) is 2.92. The summed E-state index contributed by atoms with van der Waals surface area (Å²) in [5.74, 6) is -3.22. The number of hydrogen-bond donors (Lipinski definition) is 4. The van der Waals surface area contributed by atoms with Crippen molar-refractivity contribution in [1.29, 1.82) is 0 Å². The Morgan fingerprint density at radius 3 is 1.71 bits per heavy atom. The van der Waals surface area contributed by atoms with E-state index in [1.54, 1.807) is 22.6 Å². The number of anilines is 2. The number of nitrogens with one attached hydrogen (secondary N) is 4. The number of esters is 2. The van der Waals surface area contributed by atoms with Crippen LogP contribution in [0.1, 0.15) is 38.8 Å². The Bertz CT molecular complexity index is 1220. The molecule has 0 aliphatic heterocycles. The van der Waals surface area contributed by atoms with Gasteiger partial charge in [-0.25, -0.2) is 4.79 Å². The van der Waals surface area contributed by atoms with Crippen LogP contribution in [0.25, 0.3) is 0 Å². The lowest BCUT2D eigenvalue weighted by Gasteiger charge is -2.23. The Morgan fingerprint density at radius 2 is 1.24 bits per heavy atom. The van der Waals surface area contributed by atoms with Crippen molar-refractivity contribution in [2.45, 2.75) is 17.0 Å². The van der Waals surface area contributed by atoms with E-state index >= 15 is 0 Å². The smallest absolute Gasteiger partial charge is 0.333 e. The predicted molar refractivity (Wildman–Crippen MR) is 144 cm³/mol. The van der Waals surface area contributed by atoms with E-state index in [1.807, 2.05) is 0 Å². The Balaban J connectivity index is 1.83. The van der Waals surface area contributed by atoms with Crippen molar-refractivity contribution in [3.63, 3.8) is 0 Å². The van der Waals surface area contributed by atoms with Crippen molar-refractivity contribution in [3.8, 4) is 0 Å². The molecule has 0 spiro atoms. The highest BCUT2D eigenvalue weighted by Gasteiger charge is 2.34. The van der Waals surface area contributed by atoms with Crippen LogP contribution in [0.5, 0.6) is 0 Å². The minimum absolute atomic E-state index is 0.0165. The standard InChI is InChI=1S/C25H25IN4O8/c1-12(24(35)37-2)27-10-17(31)29-15-8-4-6-13-19(15)22(34)20-14(21(13)33)7-5-9-16(20)30-18(32)11-28-23(26)25(36)38-3/h4-9,12,23,27-28H,10-11H2,1-3H3,(H,29,31)(H,30,32)/t12-,23-/m0/s1. The largest absolute Gasteiger partial charge is 0.468 e. The van der Waals surface area contributed by atoms with E-state index in [1.165, 1.54) is 57.5 Å². The van der Waals surface area contributed by atoms with Crippen LogP contribution in [-0.2, 0) is 28.7 Å². The fraction of sp³-hybridized carbons (Fsp3) is 0.280. The number of hydrogen-bond acceptors (Lipinski definition) is 10. The van der Waals surface area contributed by atoms with Gasteiger partial charge in [0.25, 0.3) is 0 Å². The fourth-order valence-corrected chi connectivity index (χ4v) is 4.19. The van der Waals surface area contributed by atoms with E-state index in [0.29, 0.717) is 0 Å². The number of methoxy groups -OCH3 is 2. The maximum absolute atomic E-state index is 13.6. The van der Waals surface area contributed by atoms with Gasteiger partial charge < -0.3 is 20.1 Å². The fourth-order valence-electron chi connectivity index (χ4n) is 3.71. The molecule has 0 fully saturated rings. The van der Waals surface area contributed by atoms with Gasteiger partial charge >= 0.3 is 11.9 Å². The Labute approximate surface area is 231 Å². The number of rotatable bonds is 10. The summed E-state index contributed by atoms with van der Waals surface area (Å²) in [5.41, 5.74) is 0.390. The monoisotopic (exact) mass is 636 g/mol. The molecule has 38 heavy (non-hydrogen) atoms. The molecule has 200 valence electrons. The summed E-state index contributed by atoms with van der Waals surface area (Å²) in [6, 6.07) is 8.26. The third-order valence-corrected chi connectivity index (χ3v) is 6.54. The van der Waals surface area contributed by atoms with Crippen LogP contribution < -0.4 is 21.3 Å². The molecule has 0 saturated heterocycles. The summed E-state index contributed by atoms with van der Waals surface area (Å²) in [4.78, 5) is 75.1. The summed E-state index contributed by atoms with van der Waals surface area (Å²) in [6.45, 7) is 1.02. The summed E-state index contributed by atoms with van der Waals surface area (Å²) in [5, 5.41) is 10.6. The molecule has 4 N–H and O–H groups in total. The molecule has 0 heterocycles. The first kappa shape index (κ1) is 28.9. The van der Waals surface area contributed by atoms with Gasteiger partial charge in [0.05, 0.1) is 49.8 Å². The third kappa shape index (κ3) is 6.41. The molecule has 0 radical (unpaired) electrons. The van der Waals surface area contributed by atoms with Crippen molar-refractivity contribution in [2.24, 2.45) is 0 Å². The van der Waals surface area contributed by atoms with Crippen molar-refractivity contribution >= 4 is 69.3 Å². The lowest BCUT2D eigenvalue weighted by Crippen LogP contribution is -2.40. The Morgan fingerprint density at radius 1 is 0.763 bits per heavy atom. The average molecular weight is 636 g/mol. The zero-order valence-electron chi connectivity index (χ0n) is 20.7. The molecule has 2 amide bonds. The molecular formula is C25H25IN4O8. The highest BCUT2D eigenvalue weighted by Crippen LogP contribution is 2.35. The van der Waals surface area contributed by atoms with Gasteiger partial charge in [-0.2, -0.15) is 0 Å². The first-order valence-electron chi connectivity index (χ1n) is 11.3. The van der Waals surface area contributed by atoms with E-state index in [9.17, 15) is 28.8 Å². The predicted octanol–water partition coefficient (Wildman–Crippen LogP) is 1.01. The third-order valence-electron chi connectivity index (χ3n) is 5.59. The SMILES string of the molecule is COC(=O)[C@H](C)NCC(=O)Nc1cccc2c1C(=O)c1c(NC(=O)CN[C@H](I)C(=O)OC)cccc1C2=O. The number of alkyl halides is 1. The molecule has 3 rings (SSSR count). The highest BCUT2D eigenvalue weighted by molar-refractivity contribution is 14.1. The van der Waals surface area contributed by atoms with Crippen LogP contribution in [0, 0.1) is 0 Å². The summed E-state index contributed by atoms with van der Waals surface area (Å²) in [6.07, 6.45) is 0. The van der Waals surface area contributed by atoms with Gasteiger partial charge in [-0.05, 0) is 19.1 Å². The molecule has 0 aromatic heterocycles. The van der Waals surface area contributed by atoms with E-state index in [2.05, 4.69) is 30.7 Å². The van der Waals surface area contributed by atoms with Crippen LogP contribution in [0.4, 0.5) is 11.4 Å². The van der Waals surface area contributed by atoms with Crippen LogP contribution in [-0.4, -0.2) is 72.7 Å². The maximum atomic E-state index is 13.6. The van der Waals surface area contributed by atoms with Gasteiger partial charge in [0.2, 0.25) is 11.8 Å². The number of ether oxygens (including phenoxy) is 2. The molecule has 0 bridgehead atoms. The quantitative estimate of drug-likeness (QED) is 0.109. The first-order valence-corrected chi connectivity index (χ1v) is 12.5. The lowest BCUT2D eigenvalue weighted by molar-refractivity contribution is -0.143. The van der Waals surface area contributed by atoms with Crippen LogP contribution in [0.2, 0.25) is 0 Å². The summed E-state index contributed by atoms with van der Waals surface area (Å²) in [7, 11) is 2.45. The van der Waals surface area contributed by atoms with Gasteiger partial charge in [-0.15, -0.1) is 0 Å². The van der Waals surface area contributed by atoms with Gasteiger partial charge in [0.1, 0.15) is 6.04 Å². The Kier molecular flexibility index (Phi) is 9.66. The van der Waals surface area contributed by atoms with E-state index in [4.69, 9.17) is 0 Å². The number of carbonyl (C=O) groups excluding carboxylic acids is 6. The number of ketones is 2.